The van der Waals surface area contributed by atoms with Crippen molar-refractivity contribution in [2.45, 2.75) is 4.90 Å². The lowest BCUT2D eigenvalue weighted by molar-refractivity contribution is 0.0985. The average molecular weight is 339 g/mol. The van der Waals surface area contributed by atoms with Gasteiger partial charge in [-0.2, -0.15) is 0 Å². The Morgan fingerprint density at radius 3 is 2.32 bits per heavy atom. The number of nitrogens with one attached hydrogen (secondary N) is 3. The second-order valence-corrected chi connectivity index (χ2v) is 6.77. The van der Waals surface area contributed by atoms with Crippen LogP contribution in [0.25, 0.3) is 0 Å². The van der Waals surface area contributed by atoms with Crippen LogP contribution < -0.4 is 15.4 Å². The zero-order valence-corrected chi connectivity index (χ0v) is 13.1. The zero-order chi connectivity index (χ0) is 16.2. The van der Waals surface area contributed by atoms with E-state index in [1.165, 1.54) is 37.4 Å². The summed E-state index contributed by atoms with van der Waals surface area (Å²) in [5.41, 5.74) is 0.433. The van der Waals surface area contributed by atoms with E-state index < -0.39 is 22.0 Å². The van der Waals surface area contributed by atoms with Gasteiger partial charge in [-0.25, -0.2) is 17.9 Å². The van der Waals surface area contributed by atoms with E-state index in [2.05, 4.69) is 10.6 Å². The molecule has 2 aromatic rings. The number of sulfonamides is 1. The van der Waals surface area contributed by atoms with Gasteiger partial charge in [-0.05, 0) is 35.7 Å². The first-order valence-corrected chi connectivity index (χ1v) is 8.48. The van der Waals surface area contributed by atoms with Crippen molar-refractivity contribution in [1.29, 1.82) is 0 Å². The molecule has 9 heteroatoms. The molecule has 0 radical (unpaired) electrons. The summed E-state index contributed by atoms with van der Waals surface area (Å²) in [6, 6.07) is 8.24. The summed E-state index contributed by atoms with van der Waals surface area (Å²) in [5.74, 6) is -0.678. The number of anilines is 1. The van der Waals surface area contributed by atoms with Crippen LogP contribution >= 0.6 is 11.3 Å². The van der Waals surface area contributed by atoms with Crippen LogP contribution in [0.15, 0.2) is 46.7 Å². The Kier molecular flexibility index (Phi) is 4.78. The van der Waals surface area contributed by atoms with Crippen LogP contribution in [0.1, 0.15) is 9.67 Å². The van der Waals surface area contributed by atoms with E-state index >= 15 is 0 Å². The number of thiophene rings is 1. The Hall–Kier alpha value is -2.39. The highest BCUT2D eigenvalue weighted by atomic mass is 32.2. The van der Waals surface area contributed by atoms with Crippen LogP contribution in [0.5, 0.6) is 0 Å². The van der Waals surface area contributed by atoms with Gasteiger partial charge in [0, 0.05) is 12.7 Å². The molecule has 0 atom stereocenters. The van der Waals surface area contributed by atoms with Crippen LogP contribution in [-0.4, -0.2) is 27.4 Å². The first-order chi connectivity index (χ1) is 10.4. The fourth-order valence-electron chi connectivity index (χ4n) is 1.55. The highest BCUT2D eigenvalue weighted by Crippen LogP contribution is 2.15. The van der Waals surface area contributed by atoms with Gasteiger partial charge in [0.1, 0.15) is 0 Å². The summed E-state index contributed by atoms with van der Waals surface area (Å²) in [6.07, 6.45) is 0. The Morgan fingerprint density at radius 1 is 1.09 bits per heavy atom. The number of amides is 3. The standard InChI is InChI=1S/C13H13N3O4S2/c1-14-13(18)15-9-4-6-10(7-5-9)22(19,20)16-12(17)11-3-2-8-21-11/h2-8H,1H3,(H,16,17)(H2,14,15,18). The number of benzene rings is 1. The molecule has 2 rings (SSSR count). The van der Waals surface area contributed by atoms with E-state index in [9.17, 15) is 18.0 Å². The van der Waals surface area contributed by atoms with Gasteiger partial charge in [0.05, 0.1) is 9.77 Å². The number of hydrogen-bond donors (Lipinski definition) is 3. The second-order valence-electron chi connectivity index (χ2n) is 4.14. The lowest BCUT2D eigenvalue weighted by Crippen LogP contribution is -2.30. The molecular formula is C13H13N3O4S2. The average Bonchev–Trinajstić information content (AvgIpc) is 3.01. The molecule has 7 nitrogen and oxygen atoms in total. The predicted molar refractivity (Wildman–Crippen MR) is 83.5 cm³/mol. The molecule has 0 aliphatic carbocycles. The molecule has 22 heavy (non-hydrogen) atoms. The SMILES string of the molecule is CNC(=O)Nc1ccc(S(=O)(=O)NC(=O)c2cccs2)cc1. The third-order valence-electron chi connectivity index (χ3n) is 2.62. The van der Waals surface area contributed by atoms with Crippen molar-refractivity contribution in [3.05, 3.63) is 46.7 Å². The molecule has 1 aromatic heterocycles. The normalized spacial score (nSPS) is 10.8. The maximum atomic E-state index is 12.1. The van der Waals surface area contributed by atoms with Gasteiger partial charge in [-0.1, -0.05) is 6.07 Å². The van der Waals surface area contributed by atoms with Gasteiger partial charge in [-0.3, -0.25) is 4.79 Å². The van der Waals surface area contributed by atoms with Gasteiger partial charge in [0.25, 0.3) is 15.9 Å². The largest absolute Gasteiger partial charge is 0.341 e. The van der Waals surface area contributed by atoms with Gasteiger partial charge in [-0.15, -0.1) is 11.3 Å². The summed E-state index contributed by atoms with van der Waals surface area (Å²) < 4.78 is 26.2. The maximum Gasteiger partial charge on any atom is 0.318 e. The van der Waals surface area contributed by atoms with Gasteiger partial charge >= 0.3 is 6.03 Å². The molecule has 3 N–H and O–H groups in total. The number of urea groups is 1. The van der Waals surface area contributed by atoms with E-state index in [0.29, 0.717) is 10.6 Å². The van der Waals surface area contributed by atoms with Gasteiger partial charge < -0.3 is 10.6 Å². The van der Waals surface area contributed by atoms with Crippen molar-refractivity contribution < 1.29 is 18.0 Å². The first-order valence-electron chi connectivity index (χ1n) is 6.12. The van der Waals surface area contributed by atoms with E-state index in [1.807, 2.05) is 4.72 Å². The molecule has 116 valence electrons. The molecule has 0 fully saturated rings. The second kappa shape index (κ2) is 6.58. The molecule has 0 bridgehead atoms. The zero-order valence-electron chi connectivity index (χ0n) is 11.5. The van der Waals surface area contributed by atoms with Crippen LogP contribution in [-0.2, 0) is 10.0 Å². The summed E-state index contributed by atoms with van der Waals surface area (Å²) in [4.78, 5) is 23.2. The highest BCUT2D eigenvalue weighted by molar-refractivity contribution is 7.90. The number of rotatable bonds is 4. The minimum absolute atomic E-state index is 0.0696. The number of carbonyl (C=O) groups is 2. The van der Waals surface area contributed by atoms with Gasteiger partial charge in [0.2, 0.25) is 0 Å². The smallest absolute Gasteiger partial charge is 0.318 e. The molecule has 0 aliphatic heterocycles. The fraction of sp³-hybridized carbons (Fsp3) is 0.0769. The van der Waals surface area contributed by atoms with E-state index in [0.717, 1.165) is 11.3 Å². The third kappa shape index (κ3) is 3.83. The minimum atomic E-state index is -3.96. The topological polar surface area (TPSA) is 104 Å². The van der Waals surface area contributed by atoms with E-state index in [-0.39, 0.29) is 4.90 Å². The number of hydrogen-bond acceptors (Lipinski definition) is 5. The van der Waals surface area contributed by atoms with Crippen molar-refractivity contribution in [3.63, 3.8) is 0 Å². The van der Waals surface area contributed by atoms with Crippen LogP contribution in [0.4, 0.5) is 10.5 Å². The maximum absolute atomic E-state index is 12.1. The molecule has 0 aliphatic rings. The van der Waals surface area contributed by atoms with Crippen molar-refractivity contribution in [3.8, 4) is 0 Å². The molecule has 0 saturated carbocycles. The Balaban J connectivity index is 2.12. The monoisotopic (exact) mass is 339 g/mol. The summed E-state index contributed by atoms with van der Waals surface area (Å²) in [6.45, 7) is 0. The van der Waals surface area contributed by atoms with Crippen molar-refractivity contribution in [1.82, 2.24) is 10.0 Å². The molecule has 1 aromatic carbocycles. The van der Waals surface area contributed by atoms with E-state index in [4.69, 9.17) is 0 Å². The molecule has 0 saturated heterocycles. The van der Waals surface area contributed by atoms with Crippen LogP contribution in [0.2, 0.25) is 0 Å². The van der Waals surface area contributed by atoms with E-state index in [1.54, 1.807) is 11.4 Å². The molecular weight excluding hydrogens is 326 g/mol. The van der Waals surface area contributed by atoms with Crippen molar-refractivity contribution >= 4 is 39.0 Å². The summed E-state index contributed by atoms with van der Waals surface area (Å²) >= 11 is 1.15. The molecule has 3 amide bonds. The first kappa shape index (κ1) is 16.0. The third-order valence-corrected chi connectivity index (χ3v) is 4.84. The van der Waals surface area contributed by atoms with Crippen LogP contribution in [0.3, 0.4) is 0 Å². The Morgan fingerprint density at radius 2 is 1.77 bits per heavy atom. The van der Waals surface area contributed by atoms with Gasteiger partial charge in [0.15, 0.2) is 0 Å². The summed E-state index contributed by atoms with van der Waals surface area (Å²) in [5, 5.41) is 6.56. The predicted octanol–water partition coefficient (Wildman–Crippen LogP) is 1.62. The lowest BCUT2D eigenvalue weighted by atomic mass is 10.3. The van der Waals surface area contributed by atoms with Crippen molar-refractivity contribution in [2.24, 2.45) is 0 Å². The fourth-order valence-corrected chi connectivity index (χ4v) is 3.20. The van der Waals surface area contributed by atoms with Crippen molar-refractivity contribution in [2.75, 3.05) is 12.4 Å². The molecule has 1 heterocycles. The Labute approximate surface area is 131 Å². The minimum Gasteiger partial charge on any atom is -0.341 e. The quantitative estimate of drug-likeness (QED) is 0.787. The Bertz CT molecular complexity index is 768. The number of carbonyl (C=O) groups excluding carboxylic acids is 2. The summed E-state index contributed by atoms with van der Waals surface area (Å²) in [7, 11) is -2.49. The molecule has 0 unspecified atom stereocenters. The highest BCUT2D eigenvalue weighted by Gasteiger charge is 2.19. The van der Waals surface area contributed by atoms with Crippen LogP contribution in [0, 0.1) is 0 Å². The molecule has 0 spiro atoms. The lowest BCUT2D eigenvalue weighted by Gasteiger charge is -2.08.